The molecule has 3 nitrogen and oxygen atoms in total. The van der Waals surface area contributed by atoms with Gasteiger partial charge in [0.2, 0.25) is 0 Å². The number of sulfonamides is 1. The van der Waals surface area contributed by atoms with E-state index >= 15 is 0 Å². The fraction of sp³-hybridized carbons (Fsp3) is 0.429. The van der Waals surface area contributed by atoms with E-state index in [0.717, 1.165) is 15.6 Å². The van der Waals surface area contributed by atoms with Gasteiger partial charge in [0.15, 0.2) is 0 Å². The van der Waals surface area contributed by atoms with Gasteiger partial charge in [-0.25, -0.2) is 8.42 Å². The van der Waals surface area contributed by atoms with E-state index in [1.807, 2.05) is 39.8 Å². The van der Waals surface area contributed by atoms with Crippen LogP contribution in [-0.4, -0.2) is 8.42 Å². The average molecular weight is 438 g/mol. The lowest BCUT2D eigenvalue weighted by atomic mass is 9.89. The molecule has 0 aliphatic rings. The summed E-state index contributed by atoms with van der Waals surface area (Å²) in [6.45, 7) is 12.4. The fourth-order valence-corrected chi connectivity index (χ4v) is 4.95. The summed E-state index contributed by atoms with van der Waals surface area (Å²) in [6, 6.07) is 11.3. The van der Waals surface area contributed by atoms with Crippen LogP contribution in [0.1, 0.15) is 76.0 Å². The van der Waals surface area contributed by atoms with Crippen LogP contribution in [0.2, 0.25) is 0 Å². The molecule has 0 saturated heterocycles. The molecule has 0 atom stereocenters. The summed E-state index contributed by atoms with van der Waals surface area (Å²) >= 11 is 3.38. The Morgan fingerprint density at radius 1 is 0.808 bits per heavy atom. The van der Waals surface area contributed by atoms with E-state index in [-0.39, 0.29) is 11.8 Å². The van der Waals surface area contributed by atoms with Crippen LogP contribution in [0.25, 0.3) is 0 Å². The second-order valence-electron chi connectivity index (χ2n) is 7.60. The van der Waals surface area contributed by atoms with Crippen LogP contribution in [0.4, 0.5) is 5.69 Å². The Hall–Kier alpha value is -1.33. The summed E-state index contributed by atoms with van der Waals surface area (Å²) in [6.07, 6.45) is 0. The Bertz CT molecular complexity index is 840. The standard InChI is InChI=1S/C21H28BrNO2S/c1-13(2)16-11-19(14(3)4)21(20(12-16)15(5)6)26(24,25)23-18-9-7-17(22)8-10-18/h7-15,23H,1-6H3. The molecular formula is C21H28BrNO2S. The molecule has 0 aromatic heterocycles. The maximum Gasteiger partial charge on any atom is 0.262 e. The minimum atomic E-state index is -3.69. The molecular weight excluding hydrogens is 410 g/mol. The summed E-state index contributed by atoms with van der Waals surface area (Å²) in [7, 11) is -3.69. The van der Waals surface area contributed by atoms with Gasteiger partial charge >= 0.3 is 0 Å². The van der Waals surface area contributed by atoms with Crippen LogP contribution in [0.15, 0.2) is 45.8 Å². The van der Waals surface area contributed by atoms with Crippen molar-refractivity contribution >= 4 is 31.6 Å². The molecule has 0 heterocycles. The first-order chi connectivity index (χ1) is 12.0. The van der Waals surface area contributed by atoms with Gasteiger partial charge in [0.25, 0.3) is 10.0 Å². The molecule has 142 valence electrons. The summed E-state index contributed by atoms with van der Waals surface area (Å²) in [4.78, 5) is 0.426. The quantitative estimate of drug-likeness (QED) is 0.551. The van der Waals surface area contributed by atoms with Gasteiger partial charge in [0.1, 0.15) is 0 Å². The lowest BCUT2D eigenvalue weighted by molar-refractivity contribution is 0.595. The van der Waals surface area contributed by atoms with Crippen molar-refractivity contribution in [2.75, 3.05) is 4.72 Å². The van der Waals surface area contributed by atoms with Crippen molar-refractivity contribution in [2.24, 2.45) is 0 Å². The molecule has 2 rings (SSSR count). The van der Waals surface area contributed by atoms with Crippen LogP contribution < -0.4 is 4.72 Å². The Balaban J connectivity index is 2.66. The van der Waals surface area contributed by atoms with Gasteiger partial charge in [-0.1, -0.05) is 69.6 Å². The summed E-state index contributed by atoms with van der Waals surface area (Å²) < 4.78 is 30.3. The predicted octanol–water partition coefficient (Wildman–Crippen LogP) is 6.62. The fourth-order valence-electron chi connectivity index (χ4n) is 2.92. The first-order valence-electron chi connectivity index (χ1n) is 8.99. The Labute approximate surface area is 166 Å². The van der Waals surface area contributed by atoms with Crippen molar-refractivity contribution in [3.8, 4) is 0 Å². The third kappa shape index (κ3) is 4.68. The molecule has 0 amide bonds. The molecule has 0 aliphatic carbocycles. The van der Waals surface area contributed by atoms with E-state index in [4.69, 9.17) is 0 Å². The van der Waals surface area contributed by atoms with Crippen molar-refractivity contribution in [3.63, 3.8) is 0 Å². The molecule has 0 radical (unpaired) electrons. The van der Waals surface area contributed by atoms with Gasteiger partial charge in [-0.15, -0.1) is 0 Å². The lowest BCUT2D eigenvalue weighted by Crippen LogP contribution is -2.19. The zero-order valence-electron chi connectivity index (χ0n) is 16.3. The highest BCUT2D eigenvalue weighted by Crippen LogP contribution is 2.36. The monoisotopic (exact) mass is 437 g/mol. The van der Waals surface area contributed by atoms with Crippen molar-refractivity contribution in [2.45, 2.75) is 64.2 Å². The Morgan fingerprint density at radius 3 is 1.65 bits per heavy atom. The third-order valence-electron chi connectivity index (χ3n) is 4.44. The van der Waals surface area contributed by atoms with E-state index < -0.39 is 10.0 Å². The van der Waals surface area contributed by atoms with Crippen LogP contribution >= 0.6 is 15.9 Å². The van der Waals surface area contributed by atoms with Gasteiger partial charge in [-0.3, -0.25) is 4.72 Å². The van der Waals surface area contributed by atoms with Crippen LogP contribution in [-0.2, 0) is 10.0 Å². The molecule has 2 aromatic carbocycles. The van der Waals surface area contributed by atoms with Gasteiger partial charge in [0, 0.05) is 10.2 Å². The third-order valence-corrected chi connectivity index (χ3v) is 6.49. The Morgan fingerprint density at radius 2 is 1.27 bits per heavy atom. The molecule has 2 aromatic rings. The van der Waals surface area contributed by atoms with Crippen molar-refractivity contribution < 1.29 is 8.42 Å². The minimum absolute atomic E-state index is 0.114. The first-order valence-corrected chi connectivity index (χ1v) is 11.3. The minimum Gasteiger partial charge on any atom is -0.280 e. The van der Waals surface area contributed by atoms with E-state index in [2.05, 4.69) is 46.6 Å². The molecule has 0 fully saturated rings. The number of hydrogen-bond acceptors (Lipinski definition) is 2. The van der Waals surface area contributed by atoms with E-state index in [9.17, 15) is 8.42 Å². The molecule has 0 aliphatic heterocycles. The van der Waals surface area contributed by atoms with Crippen LogP contribution in [0.5, 0.6) is 0 Å². The second kappa shape index (κ2) is 8.13. The molecule has 0 saturated carbocycles. The maximum atomic E-state index is 13.3. The largest absolute Gasteiger partial charge is 0.280 e. The highest BCUT2D eigenvalue weighted by molar-refractivity contribution is 9.10. The SMILES string of the molecule is CC(C)c1cc(C(C)C)c(S(=O)(=O)Nc2ccc(Br)cc2)c(C(C)C)c1. The molecule has 26 heavy (non-hydrogen) atoms. The molecule has 1 N–H and O–H groups in total. The van der Waals surface area contributed by atoms with E-state index in [1.54, 1.807) is 12.1 Å². The first kappa shape index (κ1) is 21.0. The van der Waals surface area contributed by atoms with E-state index in [1.165, 1.54) is 5.56 Å². The summed E-state index contributed by atoms with van der Waals surface area (Å²) in [5.74, 6) is 0.576. The number of hydrogen-bond donors (Lipinski definition) is 1. The number of anilines is 1. The van der Waals surface area contributed by atoms with E-state index in [0.29, 0.717) is 16.5 Å². The normalized spacial score (nSPS) is 12.2. The Kier molecular flexibility index (Phi) is 6.56. The summed E-state index contributed by atoms with van der Waals surface area (Å²) in [5, 5.41) is 0. The summed E-state index contributed by atoms with van der Waals surface area (Å²) in [5.41, 5.74) is 3.50. The predicted molar refractivity (Wildman–Crippen MR) is 114 cm³/mol. The number of halogens is 1. The smallest absolute Gasteiger partial charge is 0.262 e. The molecule has 0 unspecified atom stereocenters. The van der Waals surface area contributed by atoms with Gasteiger partial charge in [-0.05, 0) is 58.7 Å². The highest BCUT2D eigenvalue weighted by Gasteiger charge is 2.27. The van der Waals surface area contributed by atoms with Gasteiger partial charge in [0.05, 0.1) is 4.90 Å². The van der Waals surface area contributed by atoms with Crippen molar-refractivity contribution in [1.29, 1.82) is 0 Å². The van der Waals surface area contributed by atoms with Gasteiger partial charge in [-0.2, -0.15) is 0 Å². The lowest BCUT2D eigenvalue weighted by Gasteiger charge is -2.23. The number of nitrogens with one attached hydrogen (secondary N) is 1. The number of benzene rings is 2. The average Bonchev–Trinajstić information content (AvgIpc) is 2.55. The molecule has 0 spiro atoms. The topological polar surface area (TPSA) is 46.2 Å². The van der Waals surface area contributed by atoms with Crippen molar-refractivity contribution in [3.05, 3.63) is 57.6 Å². The zero-order valence-corrected chi connectivity index (χ0v) is 18.7. The van der Waals surface area contributed by atoms with Gasteiger partial charge < -0.3 is 0 Å². The zero-order chi connectivity index (χ0) is 19.6. The molecule has 5 heteroatoms. The molecule has 0 bridgehead atoms. The highest BCUT2D eigenvalue weighted by atomic mass is 79.9. The van der Waals surface area contributed by atoms with Crippen LogP contribution in [0, 0.1) is 0 Å². The second-order valence-corrected chi connectivity index (χ2v) is 10.1. The maximum absolute atomic E-state index is 13.3. The van der Waals surface area contributed by atoms with Crippen molar-refractivity contribution in [1.82, 2.24) is 0 Å². The van der Waals surface area contributed by atoms with Crippen LogP contribution in [0.3, 0.4) is 0 Å². The number of rotatable bonds is 6.